The van der Waals surface area contributed by atoms with Crippen LogP contribution in [0.1, 0.15) is 39.1 Å². The minimum atomic E-state index is -0.637. The molecule has 1 heterocycles. The second-order valence-electron chi connectivity index (χ2n) is 5.94. The van der Waals surface area contributed by atoms with Crippen LogP contribution in [0.15, 0.2) is 48.5 Å². The third-order valence-corrected chi connectivity index (χ3v) is 4.16. The lowest BCUT2D eigenvalue weighted by molar-refractivity contribution is 0.0641. The quantitative estimate of drug-likeness (QED) is 0.830. The molecule has 1 aliphatic heterocycles. The first-order chi connectivity index (χ1) is 11.6. The number of carbonyl (C=O) groups is 2. The maximum absolute atomic E-state index is 13.1. The lowest BCUT2D eigenvalue weighted by Crippen LogP contribution is -2.31. The molecule has 1 atom stereocenters. The maximum atomic E-state index is 13.1. The highest BCUT2D eigenvalue weighted by molar-refractivity contribution is 6.21. The Hall–Kier alpha value is -2.53. The molecular formula is C19H18FNO3. The summed E-state index contributed by atoms with van der Waals surface area (Å²) in [7, 11) is 0. The molecule has 5 heteroatoms. The molecule has 4 nitrogen and oxygen atoms in total. The Labute approximate surface area is 139 Å². The Morgan fingerprint density at radius 2 is 1.67 bits per heavy atom. The minimum absolute atomic E-state index is 0.270. The second-order valence-corrected chi connectivity index (χ2v) is 5.94. The molecular weight excluding hydrogens is 309 g/mol. The van der Waals surface area contributed by atoms with E-state index < -0.39 is 6.10 Å². The van der Waals surface area contributed by atoms with Crippen LogP contribution in [0, 0.1) is 5.82 Å². The Bertz CT molecular complexity index is 740. The van der Waals surface area contributed by atoms with Crippen LogP contribution in [-0.2, 0) is 6.42 Å². The maximum Gasteiger partial charge on any atom is 0.261 e. The molecule has 24 heavy (non-hydrogen) atoms. The van der Waals surface area contributed by atoms with Crippen molar-refractivity contribution in [1.82, 2.24) is 4.90 Å². The van der Waals surface area contributed by atoms with Crippen LogP contribution in [0.5, 0.6) is 0 Å². The first-order valence-electron chi connectivity index (χ1n) is 7.94. The van der Waals surface area contributed by atoms with Crippen molar-refractivity contribution in [3.05, 3.63) is 71.0 Å². The van der Waals surface area contributed by atoms with Crippen LogP contribution in [0.3, 0.4) is 0 Å². The van der Waals surface area contributed by atoms with Gasteiger partial charge in [0.2, 0.25) is 0 Å². The highest BCUT2D eigenvalue weighted by Crippen LogP contribution is 2.23. The van der Waals surface area contributed by atoms with E-state index in [1.807, 2.05) is 0 Å². The Morgan fingerprint density at radius 1 is 1.00 bits per heavy atom. The van der Waals surface area contributed by atoms with E-state index in [0.717, 1.165) is 5.56 Å². The lowest BCUT2D eigenvalue weighted by Gasteiger charge is -2.15. The molecule has 0 saturated heterocycles. The van der Waals surface area contributed by atoms with Gasteiger partial charge in [-0.15, -0.1) is 0 Å². The minimum Gasteiger partial charge on any atom is -0.393 e. The van der Waals surface area contributed by atoms with E-state index in [2.05, 4.69) is 0 Å². The molecule has 0 fully saturated rings. The summed E-state index contributed by atoms with van der Waals surface area (Å²) in [6.07, 6.45) is 0.646. The van der Waals surface area contributed by atoms with Gasteiger partial charge in [0.15, 0.2) is 0 Å². The number of rotatable bonds is 6. The molecule has 0 aliphatic carbocycles. The van der Waals surface area contributed by atoms with Crippen LogP contribution >= 0.6 is 0 Å². The van der Waals surface area contributed by atoms with Gasteiger partial charge >= 0.3 is 0 Å². The first kappa shape index (κ1) is 16.3. The van der Waals surface area contributed by atoms with Gasteiger partial charge in [-0.1, -0.05) is 24.3 Å². The van der Waals surface area contributed by atoms with Crippen molar-refractivity contribution < 1.29 is 19.1 Å². The molecule has 0 radical (unpaired) electrons. The zero-order valence-electron chi connectivity index (χ0n) is 13.1. The summed E-state index contributed by atoms with van der Waals surface area (Å²) in [5, 5.41) is 10.1. The molecule has 2 amide bonds. The van der Waals surface area contributed by atoms with Crippen molar-refractivity contribution in [2.24, 2.45) is 0 Å². The van der Waals surface area contributed by atoms with Crippen molar-refractivity contribution in [2.45, 2.75) is 25.4 Å². The number of carbonyl (C=O) groups excluding carboxylic acids is 2. The van der Waals surface area contributed by atoms with Gasteiger partial charge in [-0.2, -0.15) is 0 Å². The van der Waals surface area contributed by atoms with Crippen molar-refractivity contribution in [1.29, 1.82) is 0 Å². The fourth-order valence-corrected chi connectivity index (χ4v) is 2.97. The first-order valence-corrected chi connectivity index (χ1v) is 7.94. The molecule has 1 aliphatic rings. The number of hydrogen-bond donors (Lipinski definition) is 1. The third kappa shape index (κ3) is 3.36. The topological polar surface area (TPSA) is 57.6 Å². The van der Waals surface area contributed by atoms with Crippen LogP contribution in [0.4, 0.5) is 4.39 Å². The predicted octanol–water partition coefficient (Wildman–Crippen LogP) is 2.81. The van der Waals surface area contributed by atoms with Gasteiger partial charge < -0.3 is 5.11 Å². The van der Waals surface area contributed by atoms with E-state index in [4.69, 9.17) is 0 Å². The lowest BCUT2D eigenvalue weighted by atomic mass is 10.0. The fourth-order valence-electron chi connectivity index (χ4n) is 2.97. The largest absolute Gasteiger partial charge is 0.393 e. The van der Waals surface area contributed by atoms with Gasteiger partial charge in [-0.3, -0.25) is 14.5 Å². The average molecular weight is 327 g/mol. The fraction of sp³-hybridized carbons (Fsp3) is 0.263. The van der Waals surface area contributed by atoms with E-state index >= 15 is 0 Å². The number of hydrogen-bond acceptors (Lipinski definition) is 3. The van der Waals surface area contributed by atoms with Gasteiger partial charge in [-0.05, 0) is 49.1 Å². The van der Waals surface area contributed by atoms with Gasteiger partial charge in [0.05, 0.1) is 17.2 Å². The summed E-state index contributed by atoms with van der Waals surface area (Å²) in [5.74, 6) is -0.892. The van der Waals surface area contributed by atoms with Gasteiger partial charge in [0.25, 0.3) is 11.8 Å². The second kappa shape index (κ2) is 6.93. The normalized spacial score (nSPS) is 14.8. The molecule has 1 N–H and O–H groups in total. The predicted molar refractivity (Wildman–Crippen MR) is 87.2 cm³/mol. The number of halogens is 1. The van der Waals surface area contributed by atoms with E-state index in [9.17, 15) is 19.1 Å². The number of aliphatic hydroxyl groups excluding tert-OH is 1. The molecule has 124 valence electrons. The Kier molecular flexibility index (Phi) is 4.71. The van der Waals surface area contributed by atoms with Gasteiger partial charge in [0.1, 0.15) is 5.82 Å². The Morgan fingerprint density at radius 3 is 2.29 bits per heavy atom. The summed E-state index contributed by atoms with van der Waals surface area (Å²) in [6, 6.07) is 12.9. The number of amides is 2. The molecule has 0 bridgehead atoms. The number of fused-ring (bicyclic) bond motifs is 1. The molecule has 2 aromatic rings. The van der Waals surface area contributed by atoms with E-state index in [1.165, 1.54) is 17.0 Å². The molecule has 1 unspecified atom stereocenters. The molecule has 0 aromatic heterocycles. The number of aliphatic hydroxyl groups is 1. The summed E-state index contributed by atoms with van der Waals surface area (Å²) < 4.78 is 13.1. The van der Waals surface area contributed by atoms with E-state index in [-0.39, 0.29) is 24.2 Å². The Balaban J connectivity index is 1.52. The highest BCUT2D eigenvalue weighted by atomic mass is 19.1. The van der Waals surface area contributed by atoms with Crippen LogP contribution in [0.25, 0.3) is 0 Å². The number of imide groups is 1. The highest BCUT2D eigenvalue weighted by Gasteiger charge is 2.34. The summed E-state index contributed by atoms with van der Waals surface area (Å²) >= 11 is 0. The molecule has 3 rings (SSSR count). The third-order valence-electron chi connectivity index (χ3n) is 4.16. The average Bonchev–Trinajstić information content (AvgIpc) is 2.80. The summed E-state index contributed by atoms with van der Waals surface area (Å²) in [6.45, 7) is 0.270. The van der Waals surface area contributed by atoms with Crippen molar-refractivity contribution in [3.8, 4) is 0 Å². The van der Waals surface area contributed by atoms with Crippen LogP contribution in [-0.4, -0.2) is 34.5 Å². The zero-order chi connectivity index (χ0) is 17.1. The number of nitrogens with zero attached hydrogens (tertiary/aromatic N) is 1. The van der Waals surface area contributed by atoms with Crippen molar-refractivity contribution in [2.75, 3.05) is 6.54 Å². The smallest absolute Gasteiger partial charge is 0.261 e. The van der Waals surface area contributed by atoms with E-state index in [1.54, 1.807) is 36.4 Å². The molecule has 2 aromatic carbocycles. The van der Waals surface area contributed by atoms with Gasteiger partial charge in [-0.25, -0.2) is 4.39 Å². The van der Waals surface area contributed by atoms with Crippen molar-refractivity contribution >= 4 is 11.8 Å². The zero-order valence-corrected chi connectivity index (χ0v) is 13.1. The molecule has 0 spiro atoms. The standard InChI is InChI=1S/C19H18FNO3/c20-14-6-3-5-13(11-14)12-15(22)7-4-10-21-18(23)16-8-1-2-9-17(16)19(21)24/h1-3,5-6,8-9,11,15,22H,4,7,10,12H2. The summed E-state index contributed by atoms with van der Waals surface area (Å²) in [4.78, 5) is 25.6. The van der Waals surface area contributed by atoms with E-state index in [0.29, 0.717) is 30.4 Å². The van der Waals surface area contributed by atoms with Crippen LogP contribution < -0.4 is 0 Å². The van der Waals surface area contributed by atoms with Crippen LogP contribution in [0.2, 0.25) is 0 Å². The monoisotopic (exact) mass is 327 g/mol. The summed E-state index contributed by atoms with van der Waals surface area (Å²) in [5.41, 5.74) is 1.59. The number of benzene rings is 2. The molecule has 0 saturated carbocycles. The SMILES string of the molecule is O=C1c2ccccc2C(=O)N1CCCC(O)Cc1cccc(F)c1. The van der Waals surface area contributed by atoms with Crippen molar-refractivity contribution in [3.63, 3.8) is 0 Å². The van der Waals surface area contributed by atoms with Gasteiger partial charge in [0, 0.05) is 6.54 Å².